The number of hydrogen-bond donors (Lipinski definition) is 2. The SMILES string of the molecule is Cc1nn(C)c(C)c1C(C)NCCCN1CCC(O)CC1. The number of likely N-dealkylation sites (tertiary alicyclic amines) is 1. The summed E-state index contributed by atoms with van der Waals surface area (Å²) in [7, 11) is 2.00. The molecular weight excluding hydrogens is 264 g/mol. The van der Waals surface area contributed by atoms with Crippen molar-refractivity contribution in [2.45, 2.75) is 52.2 Å². The first-order chi connectivity index (χ1) is 9.99. The van der Waals surface area contributed by atoms with Crippen molar-refractivity contribution in [2.75, 3.05) is 26.2 Å². The second-order valence-electron chi connectivity index (χ2n) is 6.31. The molecular formula is C16H30N4O. The first-order valence-corrected chi connectivity index (χ1v) is 8.13. The largest absolute Gasteiger partial charge is 0.393 e. The molecule has 2 N–H and O–H groups in total. The second kappa shape index (κ2) is 7.38. The zero-order chi connectivity index (χ0) is 15.4. The van der Waals surface area contributed by atoms with Crippen LogP contribution in [0.25, 0.3) is 0 Å². The van der Waals surface area contributed by atoms with Gasteiger partial charge in [0.2, 0.25) is 0 Å². The molecule has 0 aromatic carbocycles. The third-order valence-electron chi connectivity index (χ3n) is 4.66. The van der Waals surface area contributed by atoms with Crippen LogP contribution in [-0.2, 0) is 7.05 Å². The minimum atomic E-state index is -0.0732. The first-order valence-electron chi connectivity index (χ1n) is 8.13. The summed E-state index contributed by atoms with van der Waals surface area (Å²) in [5.74, 6) is 0. The Bertz CT molecular complexity index is 449. The van der Waals surface area contributed by atoms with E-state index < -0.39 is 0 Å². The van der Waals surface area contributed by atoms with Crippen molar-refractivity contribution >= 4 is 0 Å². The standard InChI is InChI=1S/C16H30N4O/c1-12(16-13(2)18-19(4)14(16)3)17-8-5-9-20-10-6-15(21)7-11-20/h12,15,17,21H,5-11H2,1-4H3. The average Bonchev–Trinajstić information content (AvgIpc) is 2.70. The van der Waals surface area contributed by atoms with Crippen LogP contribution in [0, 0.1) is 13.8 Å². The van der Waals surface area contributed by atoms with Crippen molar-refractivity contribution in [3.8, 4) is 0 Å². The molecule has 2 rings (SSSR count). The molecule has 0 aliphatic carbocycles. The zero-order valence-corrected chi connectivity index (χ0v) is 13.9. The predicted molar refractivity (Wildman–Crippen MR) is 85.4 cm³/mol. The summed E-state index contributed by atoms with van der Waals surface area (Å²) >= 11 is 0. The summed E-state index contributed by atoms with van der Waals surface area (Å²) in [6.45, 7) is 10.7. The molecule has 0 saturated carbocycles. The van der Waals surface area contributed by atoms with Crippen LogP contribution in [0.3, 0.4) is 0 Å². The number of aliphatic hydroxyl groups is 1. The van der Waals surface area contributed by atoms with Gasteiger partial charge in [-0.15, -0.1) is 0 Å². The molecule has 1 aliphatic rings. The van der Waals surface area contributed by atoms with Crippen molar-refractivity contribution in [1.29, 1.82) is 0 Å². The van der Waals surface area contributed by atoms with Crippen molar-refractivity contribution in [1.82, 2.24) is 20.0 Å². The van der Waals surface area contributed by atoms with Crippen LogP contribution >= 0.6 is 0 Å². The highest BCUT2D eigenvalue weighted by molar-refractivity contribution is 5.27. The van der Waals surface area contributed by atoms with Crippen molar-refractivity contribution in [2.24, 2.45) is 7.05 Å². The highest BCUT2D eigenvalue weighted by Crippen LogP contribution is 2.20. The lowest BCUT2D eigenvalue weighted by Gasteiger charge is -2.29. The van der Waals surface area contributed by atoms with E-state index in [9.17, 15) is 5.11 Å². The Morgan fingerprint density at radius 3 is 2.57 bits per heavy atom. The third kappa shape index (κ3) is 4.28. The Balaban J connectivity index is 1.71. The van der Waals surface area contributed by atoms with Gasteiger partial charge in [-0.25, -0.2) is 0 Å². The fraction of sp³-hybridized carbons (Fsp3) is 0.812. The van der Waals surface area contributed by atoms with Crippen LogP contribution in [0.2, 0.25) is 0 Å². The minimum Gasteiger partial charge on any atom is -0.393 e. The molecule has 1 atom stereocenters. The molecule has 1 fully saturated rings. The van der Waals surface area contributed by atoms with Crippen LogP contribution in [0.15, 0.2) is 0 Å². The maximum atomic E-state index is 9.50. The number of aryl methyl sites for hydroxylation is 2. The molecule has 120 valence electrons. The summed E-state index contributed by atoms with van der Waals surface area (Å²) in [6.07, 6.45) is 2.94. The Labute approximate surface area is 128 Å². The highest BCUT2D eigenvalue weighted by atomic mass is 16.3. The van der Waals surface area contributed by atoms with Gasteiger partial charge >= 0.3 is 0 Å². The normalized spacial score (nSPS) is 19.1. The number of nitrogens with one attached hydrogen (secondary N) is 1. The van der Waals surface area contributed by atoms with Crippen LogP contribution in [0.5, 0.6) is 0 Å². The van der Waals surface area contributed by atoms with E-state index in [0.717, 1.165) is 51.1 Å². The third-order valence-corrected chi connectivity index (χ3v) is 4.66. The van der Waals surface area contributed by atoms with Gasteiger partial charge in [0.25, 0.3) is 0 Å². The van der Waals surface area contributed by atoms with E-state index in [4.69, 9.17) is 0 Å². The first kappa shape index (κ1) is 16.5. The van der Waals surface area contributed by atoms with Crippen LogP contribution in [-0.4, -0.2) is 52.1 Å². The zero-order valence-electron chi connectivity index (χ0n) is 13.9. The number of piperidine rings is 1. The van der Waals surface area contributed by atoms with Gasteiger partial charge in [0.15, 0.2) is 0 Å². The Kier molecular flexibility index (Phi) is 5.79. The molecule has 1 unspecified atom stereocenters. The summed E-state index contributed by atoms with van der Waals surface area (Å²) in [5, 5.41) is 17.6. The summed E-state index contributed by atoms with van der Waals surface area (Å²) in [4.78, 5) is 2.46. The van der Waals surface area contributed by atoms with E-state index in [0.29, 0.717) is 6.04 Å². The molecule has 0 spiro atoms. The lowest BCUT2D eigenvalue weighted by atomic mass is 10.1. The molecule has 0 bridgehead atoms. The van der Waals surface area contributed by atoms with Gasteiger partial charge in [0, 0.05) is 37.4 Å². The van der Waals surface area contributed by atoms with Gasteiger partial charge in [-0.1, -0.05) is 0 Å². The van der Waals surface area contributed by atoms with Gasteiger partial charge in [-0.2, -0.15) is 5.10 Å². The van der Waals surface area contributed by atoms with Gasteiger partial charge in [0.05, 0.1) is 11.8 Å². The van der Waals surface area contributed by atoms with E-state index in [1.807, 2.05) is 11.7 Å². The maximum absolute atomic E-state index is 9.50. The quantitative estimate of drug-likeness (QED) is 0.781. The number of hydrogen-bond acceptors (Lipinski definition) is 4. The monoisotopic (exact) mass is 294 g/mol. The second-order valence-corrected chi connectivity index (χ2v) is 6.31. The minimum absolute atomic E-state index is 0.0732. The van der Waals surface area contributed by atoms with Crippen LogP contribution in [0.4, 0.5) is 0 Å². The molecule has 1 aromatic heterocycles. The van der Waals surface area contributed by atoms with Crippen molar-refractivity contribution < 1.29 is 5.11 Å². The van der Waals surface area contributed by atoms with E-state index in [-0.39, 0.29) is 6.10 Å². The molecule has 0 radical (unpaired) electrons. The van der Waals surface area contributed by atoms with E-state index in [2.05, 4.69) is 36.1 Å². The Morgan fingerprint density at radius 2 is 2.00 bits per heavy atom. The number of rotatable bonds is 6. The number of nitrogens with zero attached hydrogens (tertiary/aromatic N) is 3. The summed E-state index contributed by atoms with van der Waals surface area (Å²) in [5.41, 5.74) is 3.70. The molecule has 5 nitrogen and oxygen atoms in total. The van der Waals surface area contributed by atoms with Crippen molar-refractivity contribution in [3.63, 3.8) is 0 Å². The van der Waals surface area contributed by atoms with Crippen LogP contribution < -0.4 is 5.32 Å². The predicted octanol–water partition coefficient (Wildman–Crippen LogP) is 1.53. The molecule has 21 heavy (non-hydrogen) atoms. The van der Waals surface area contributed by atoms with Gasteiger partial charge < -0.3 is 15.3 Å². The number of aromatic nitrogens is 2. The topological polar surface area (TPSA) is 53.3 Å². The summed E-state index contributed by atoms with van der Waals surface area (Å²) < 4.78 is 1.96. The van der Waals surface area contributed by atoms with Crippen LogP contribution in [0.1, 0.15) is 49.2 Å². The lowest BCUT2D eigenvalue weighted by molar-refractivity contribution is 0.0820. The molecule has 1 aromatic rings. The molecule has 5 heteroatoms. The molecule has 2 heterocycles. The highest BCUT2D eigenvalue weighted by Gasteiger charge is 2.17. The molecule has 0 amide bonds. The smallest absolute Gasteiger partial charge is 0.0644 e. The fourth-order valence-electron chi connectivity index (χ4n) is 3.28. The Morgan fingerprint density at radius 1 is 1.33 bits per heavy atom. The molecule has 1 saturated heterocycles. The van der Waals surface area contributed by atoms with E-state index in [1.165, 1.54) is 11.3 Å². The van der Waals surface area contributed by atoms with Crippen molar-refractivity contribution in [3.05, 3.63) is 17.0 Å². The van der Waals surface area contributed by atoms with Gasteiger partial charge in [0.1, 0.15) is 0 Å². The maximum Gasteiger partial charge on any atom is 0.0644 e. The van der Waals surface area contributed by atoms with E-state index >= 15 is 0 Å². The lowest BCUT2D eigenvalue weighted by Crippen LogP contribution is -2.37. The van der Waals surface area contributed by atoms with E-state index in [1.54, 1.807) is 0 Å². The Hall–Kier alpha value is -0.910. The fourth-order valence-corrected chi connectivity index (χ4v) is 3.28. The van der Waals surface area contributed by atoms with Gasteiger partial charge in [-0.3, -0.25) is 4.68 Å². The molecule has 1 aliphatic heterocycles. The number of aliphatic hydroxyl groups excluding tert-OH is 1. The summed E-state index contributed by atoms with van der Waals surface area (Å²) in [6, 6.07) is 0.349. The van der Waals surface area contributed by atoms with Gasteiger partial charge in [-0.05, 0) is 53.1 Å². The average molecular weight is 294 g/mol.